The van der Waals surface area contributed by atoms with Crippen molar-refractivity contribution in [1.82, 2.24) is 10.2 Å². The highest BCUT2D eigenvalue weighted by Crippen LogP contribution is 2.20. The number of thioether (sulfide) groups is 1. The van der Waals surface area contributed by atoms with E-state index >= 15 is 0 Å². The molecule has 1 heterocycles. The molecule has 0 spiro atoms. The number of anilines is 2. The molecule has 1 aromatic heterocycles. The van der Waals surface area contributed by atoms with E-state index < -0.39 is 0 Å². The van der Waals surface area contributed by atoms with E-state index in [0.717, 1.165) is 9.90 Å². The van der Waals surface area contributed by atoms with E-state index in [4.69, 9.17) is 5.73 Å². The number of nitrogens with one attached hydrogen (secondary N) is 1. The maximum absolute atomic E-state index is 11.6. The Balaban J connectivity index is 1.83. The van der Waals surface area contributed by atoms with Gasteiger partial charge in [-0.15, -0.1) is 22.0 Å². The predicted octanol–water partition coefficient (Wildman–Crippen LogP) is 2.16. The number of benzene rings is 1. The average Bonchev–Trinajstić information content (AvgIpc) is 2.74. The number of aromatic nitrogens is 2. The van der Waals surface area contributed by atoms with Crippen molar-refractivity contribution in [1.29, 1.82) is 0 Å². The van der Waals surface area contributed by atoms with E-state index in [-0.39, 0.29) is 5.91 Å². The highest BCUT2D eigenvalue weighted by atomic mass is 32.2. The fourth-order valence-electron chi connectivity index (χ4n) is 1.22. The zero-order valence-corrected chi connectivity index (χ0v) is 11.3. The Kier molecular flexibility index (Phi) is 4.16. The molecule has 0 radical (unpaired) electrons. The lowest BCUT2D eigenvalue weighted by molar-refractivity contribution is -0.113. The molecule has 1 aromatic carbocycles. The van der Waals surface area contributed by atoms with Crippen molar-refractivity contribution in [3.63, 3.8) is 0 Å². The van der Waals surface area contributed by atoms with Gasteiger partial charge in [0.15, 0.2) is 0 Å². The third-order valence-electron chi connectivity index (χ3n) is 2.02. The van der Waals surface area contributed by atoms with Gasteiger partial charge in [-0.1, -0.05) is 11.3 Å². The van der Waals surface area contributed by atoms with Crippen LogP contribution in [0.5, 0.6) is 0 Å². The largest absolute Gasteiger partial charge is 0.399 e. The van der Waals surface area contributed by atoms with Crippen molar-refractivity contribution in [2.75, 3.05) is 16.8 Å². The first-order valence-electron chi connectivity index (χ1n) is 5.22. The summed E-state index contributed by atoms with van der Waals surface area (Å²) in [4.78, 5) is 12.7. The molecule has 0 aliphatic heterocycles. The molecule has 5 nitrogen and oxygen atoms in total. The van der Waals surface area contributed by atoms with Gasteiger partial charge < -0.3 is 5.73 Å². The number of nitrogens with two attached hydrogens (primary N) is 1. The Labute approximate surface area is 113 Å². The summed E-state index contributed by atoms with van der Waals surface area (Å²) in [5.74, 6) is 0.246. The number of hydrogen-bond acceptors (Lipinski definition) is 6. The Bertz CT molecular complexity index is 538. The maximum atomic E-state index is 11.6. The van der Waals surface area contributed by atoms with Gasteiger partial charge in [-0.3, -0.25) is 10.1 Å². The van der Waals surface area contributed by atoms with Gasteiger partial charge in [-0.05, 0) is 31.2 Å². The molecule has 0 bridgehead atoms. The molecule has 3 N–H and O–H groups in total. The third kappa shape index (κ3) is 3.71. The van der Waals surface area contributed by atoms with Gasteiger partial charge in [0.1, 0.15) is 5.01 Å². The fourth-order valence-corrected chi connectivity index (χ4v) is 2.52. The molecule has 0 saturated heterocycles. The minimum Gasteiger partial charge on any atom is -0.399 e. The molecule has 1 amide bonds. The Morgan fingerprint density at radius 3 is 2.72 bits per heavy atom. The average molecular weight is 280 g/mol. The van der Waals surface area contributed by atoms with Crippen LogP contribution in [-0.2, 0) is 4.79 Å². The zero-order chi connectivity index (χ0) is 13.0. The first kappa shape index (κ1) is 12.8. The van der Waals surface area contributed by atoms with Gasteiger partial charge in [-0.25, -0.2) is 0 Å². The topological polar surface area (TPSA) is 80.9 Å². The van der Waals surface area contributed by atoms with Crippen LogP contribution in [-0.4, -0.2) is 21.9 Å². The maximum Gasteiger partial charge on any atom is 0.236 e. The van der Waals surface area contributed by atoms with E-state index in [9.17, 15) is 4.79 Å². The highest BCUT2D eigenvalue weighted by Gasteiger charge is 2.06. The summed E-state index contributed by atoms with van der Waals surface area (Å²) < 4.78 is 0. The van der Waals surface area contributed by atoms with Crippen LogP contribution in [0, 0.1) is 6.92 Å². The van der Waals surface area contributed by atoms with Gasteiger partial charge in [0.05, 0.1) is 5.75 Å². The first-order valence-corrected chi connectivity index (χ1v) is 7.02. The normalized spacial score (nSPS) is 10.3. The van der Waals surface area contributed by atoms with E-state index in [1.165, 1.54) is 23.1 Å². The lowest BCUT2D eigenvalue weighted by Crippen LogP contribution is -2.13. The van der Waals surface area contributed by atoms with Gasteiger partial charge >= 0.3 is 0 Å². The summed E-state index contributed by atoms with van der Waals surface area (Å²) in [7, 11) is 0. The molecule has 18 heavy (non-hydrogen) atoms. The van der Waals surface area contributed by atoms with Crippen LogP contribution in [0.25, 0.3) is 0 Å². The van der Waals surface area contributed by atoms with Gasteiger partial charge in [-0.2, -0.15) is 0 Å². The summed E-state index contributed by atoms with van der Waals surface area (Å²) >= 11 is 2.81. The van der Waals surface area contributed by atoms with Crippen molar-refractivity contribution in [3.8, 4) is 0 Å². The first-order chi connectivity index (χ1) is 8.63. The molecule has 7 heteroatoms. The van der Waals surface area contributed by atoms with Crippen molar-refractivity contribution in [2.45, 2.75) is 11.8 Å². The number of carbonyl (C=O) groups excluding carboxylic acids is 1. The molecule has 0 aliphatic rings. The number of aryl methyl sites for hydroxylation is 1. The molecular formula is C11H12N4OS2. The summed E-state index contributed by atoms with van der Waals surface area (Å²) in [6.45, 7) is 1.84. The van der Waals surface area contributed by atoms with E-state index in [0.29, 0.717) is 16.6 Å². The monoisotopic (exact) mass is 280 g/mol. The summed E-state index contributed by atoms with van der Waals surface area (Å²) in [5.41, 5.74) is 6.30. The Hall–Kier alpha value is -1.60. The van der Waals surface area contributed by atoms with Crippen molar-refractivity contribution in [2.24, 2.45) is 0 Å². The van der Waals surface area contributed by atoms with Crippen molar-refractivity contribution >= 4 is 39.8 Å². The lowest BCUT2D eigenvalue weighted by atomic mass is 10.3. The van der Waals surface area contributed by atoms with Crippen LogP contribution >= 0.6 is 23.1 Å². The molecule has 0 aliphatic carbocycles. The summed E-state index contributed by atoms with van der Waals surface area (Å²) in [6.07, 6.45) is 0. The lowest BCUT2D eigenvalue weighted by Gasteiger charge is -2.02. The number of amides is 1. The zero-order valence-electron chi connectivity index (χ0n) is 9.71. The molecule has 0 unspecified atom stereocenters. The second-order valence-corrected chi connectivity index (χ2v) is 5.76. The number of nitrogen functional groups attached to an aromatic ring is 1. The minimum absolute atomic E-state index is 0.0898. The second kappa shape index (κ2) is 5.83. The number of carbonyl (C=O) groups is 1. The Morgan fingerprint density at radius 1 is 1.39 bits per heavy atom. The van der Waals surface area contributed by atoms with Crippen LogP contribution < -0.4 is 11.1 Å². The molecule has 2 aromatic rings. The number of rotatable bonds is 4. The molecule has 0 atom stereocenters. The standard InChI is InChI=1S/C11H12N4OS2/c1-7-14-15-11(18-7)13-10(16)6-17-9-4-2-8(12)3-5-9/h2-5H,6,12H2,1H3,(H,13,15,16). The highest BCUT2D eigenvalue weighted by molar-refractivity contribution is 8.00. The van der Waals surface area contributed by atoms with E-state index in [1.54, 1.807) is 0 Å². The molecule has 94 valence electrons. The second-order valence-electron chi connectivity index (χ2n) is 3.53. The van der Waals surface area contributed by atoms with Crippen LogP contribution in [0.4, 0.5) is 10.8 Å². The summed E-state index contributed by atoms with van der Waals surface area (Å²) in [5, 5.41) is 11.7. The minimum atomic E-state index is -0.0898. The fraction of sp³-hybridized carbons (Fsp3) is 0.182. The quantitative estimate of drug-likeness (QED) is 0.662. The van der Waals surface area contributed by atoms with Gasteiger partial charge in [0.25, 0.3) is 0 Å². The van der Waals surface area contributed by atoms with Gasteiger partial charge in [0.2, 0.25) is 11.0 Å². The van der Waals surface area contributed by atoms with E-state index in [2.05, 4.69) is 15.5 Å². The van der Waals surface area contributed by atoms with Crippen LogP contribution in [0.15, 0.2) is 29.2 Å². The molecular weight excluding hydrogens is 268 g/mol. The Morgan fingerprint density at radius 2 is 2.11 bits per heavy atom. The van der Waals surface area contributed by atoms with Crippen LogP contribution in [0.1, 0.15) is 5.01 Å². The smallest absolute Gasteiger partial charge is 0.236 e. The van der Waals surface area contributed by atoms with Crippen LogP contribution in [0.3, 0.4) is 0 Å². The number of nitrogens with zero attached hydrogens (tertiary/aromatic N) is 2. The molecule has 0 saturated carbocycles. The summed E-state index contributed by atoms with van der Waals surface area (Å²) in [6, 6.07) is 7.41. The molecule has 0 fully saturated rings. The SMILES string of the molecule is Cc1nnc(NC(=O)CSc2ccc(N)cc2)s1. The molecule has 2 rings (SSSR count). The number of hydrogen-bond donors (Lipinski definition) is 2. The predicted molar refractivity (Wildman–Crippen MR) is 74.9 cm³/mol. The van der Waals surface area contributed by atoms with E-state index in [1.807, 2.05) is 31.2 Å². The van der Waals surface area contributed by atoms with Gasteiger partial charge in [0, 0.05) is 10.6 Å². The van der Waals surface area contributed by atoms with Crippen LogP contribution in [0.2, 0.25) is 0 Å². The third-order valence-corrected chi connectivity index (χ3v) is 3.79. The van der Waals surface area contributed by atoms with Crippen molar-refractivity contribution in [3.05, 3.63) is 29.3 Å². The van der Waals surface area contributed by atoms with Crippen molar-refractivity contribution < 1.29 is 4.79 Å².